The van der Waals surface area contributed by atoms with Crippen molar-refractivity contribution in [3.63, 3.8) is 0 Å². The van der Waals surface area contributed by atoms with Crippen LogP contribution in [0.15, 0.2) is 24.4 Å². The molecule has 5 heteroatoms. The van der Waals surface area contributed by atoms with Gasteiger partial charge >= 0.3 is 0 Å². The molecule has 130 valence electrons. The van der Waals surface area contributed by atoms with Crippen LogP contribution in [0.3, 0.4) is 0 Å². The Balaban J connectivity index is 1.64. The lowest BCUT2D eigenvalue weighted by Gasteiger charge is -2.26. The smallest absolute Gasteiger partial charge is 0.163 e. The number of ether oxygens (including phenoxy) is 2. The van der Waals surface area contributed by atoms with Gasteiger partial charge in [0.1, 0.15) is 0 Å². The van der Waals surface area contributed by atoms with Crippen molar-refractivity contribution in [2.24, 2.45) is 0 Å². The van der Waals surface area contributed by atoms with E-state index in [2.05, 4.69) is 9.88 Å². The maximum atomic E-state index is 6.25. The van der Waals surface area contributed by atoms with Gasteiger partial charge in [-0.05, 0) is 51.4 Å². The highest BCUT2D eigenvalue weighted by molar-refractivity contribution is 6.35. The van der Waals surface area contributed by atoms with E-state index in [1.165, 1.54) is 32.4 Å². The zero-order chi connectivity index (χ0) is 16.8. The summed E-state index contributed by atoms with van der Waals surface area (Å²) in [5.41, 5.74) is 0.831. The molecule has 1 aromatic heterocycles. The number of likely N-dealkylation sites (tertiary alicyclic amines) is 1. The number of benzene rings is 1. The largest absolute Gasteiger partial charge is 0.490 e. The summed E-state index contributed by atoms with van der Waals surface area (Å²) in [4.78, 5) is 6.90. The number of aromatic nitrogens is 1. The molecule has 0 saturated carbocycles. The average molecular weight is 349 g/mol. The van der Waals surface area contributed by atoms with Crippen molar-refractivity contribution in [2.75, 3.05) is 32.8 Å². The fraction of sp³-hybridized carbons (Fsp3) is 0.526. The minimum Gasteiger partial charge on any atom is -0.490 e. The normalized spacial score (nSPS) is 15.6. The third-order valence-corrected chi connectivity index (χ3v) is 4.71. The fourth-order valence-corrected chi connectivity index (χ4v) is 3.36. The molecule has 4 nitrogen and oxygen atoms in total. The zero-order valence-corrected chi connectivity index (χ0v) is 15.0. The Labute approximate surface area is 148 Å². The molecule has 1 fully saturated rings. The first-order chi connectivity index (χ1) is 11.8. The summed E-state index contributed by atoms with van der Waals surface area (Å²) in [6, 6.07) is 5.64. The van der Waals surface area contributed by atoms with E-state index in [0.29, 0.717) is 18.2 Å². The molecular weight excluding hydrogens is 324 g/mol. The van der Waals surface area contributed by atoms with Crippen LogP contribution in [-0.2, 0) is 0 Å². The minimum absolute atomic E-state index is 0.591. The van der Waals surface area contributed by atoms with Gasteiger partial charge in [-0.1, -0.05) is 18.0 Å². The summed E-state index contributed by atoms with van der Waals surface area (Å²) < 4.78 is 11.7. The Kier molecular flexibility index (Phi) is 6.16. The molecule has 2 heterocycles. The number of nitrogens with zero attached hydrogens (tertiary/aromatic N) is 2. The first-order valence-electron chi connectivity index (χ1n) is 8.84. The Morgan fingerprint density at radius 2 is 1.92 bits per heavy atom. The predicted octanol–water partition coefficient (Wildman–Crippen LogP) is 4.54. The van der Waals surface area contributed by atoms with Crippen LogP contribution in [-0.4, -0.2) is 42.7 Å². The van der Waals surface area contributed by atoms with Crippen LogP contribution in [0.1, 0.15) is 32.6 Å². The van der Waals surface area contributed by atoms with Gasteiger partial charge in [0, 0.05) is 24.2 Å². The van der Waals surface area contributed by atoms with Crippen molar-refractivity contribution in [1.82, 2.24) is 9.88 Å². The second-order valence-corrected chi connectivity index (χ2v) is 6.55. The highest BCUT2D eigenvalue weighted by Gasteiger charge is 2.12. The van der Waals surface area contributed by atoms with Gasteiger partial charge < -0.3 is 14.4 Å². The number of halogens is 1. The number of hydrogen-bond acceptors (Lipinski definition) is 4. The number of rotatable bonds is 7. The molecule has 0 amide bonds. The molecular formula is C19H25ClN2O2. The van der Waals surface area contributed by atoms with Crippen molar-refractivity contribution in [2.45, 2.75) is 32.6 Å². The van der Waals surface area contributed by atoms with Gasteiger partial charge in [-0.15, -0.1) is 0 Å². The van der Waals surface area contributed by atoms with E-state index in [1.54, 1.807) is 12.3 Å². The van der Waals surface area contributed by atoms with E-state index >= 15 is 0 Å². The Bertz CT molecular complexity index is 672. The summed E-state index contributed by atoms with van der Waals surface area (Å²) >= 11 is 6.25. The van der Waals surface area contributed by atoms with E-state index in [-0.39, 0.29) is 0 Å². The van der Waals surface area contributed by atoms with Crippen LogP contribution in [0, 0.1) is 0 Å². The van der Waals surface area contributed by atoms with E-state index in [1.807, 2.05) is 19.1 Å². The molecule has 1 saturated heterocycles. The monoisotopic (exact) mass is 348 g/mol. The van der Waals surface area contributed by atoms with Crippen molar-refractivity contribution in [1.29, 1.82) is 0 Å². The standard InChI is InChI=1S/C19H25ClN2O2/c1-2-23-18-13-15-16(20)7-8-21-17(15)14-19(18)24-12-6-11-22-9-4-3-5-10-22/h7-8,13-14H,2-6,9-12H2,1H3. The molecule has 0 bridgehead atoms. The van der Waals surface area contributed by atoms with E-state index in [9.17, 15) is 0 Å². The maximum Gasteiger partial charge on any atom is 0.163 e. The molecule has 3 rings (SSSR count). The zero-order valence-electron chi connectivity index (χ0n) is 14.3. The highest BCUT2D eigenvalue weighted by atomic mass is 35.5. The quantitative estimate of drug-likeness (QED) is 0.688. The molecule has 0 N–H and O–H groups in total. The number of hydrogen-bond donors (Lipinski definition) is 0. The SMILES string of the molecule is CCOc1cc2c(Cl)ccnc2cc1OCCCN1CCCCC1. The summed E-state index contributed by atoms with van der Waals surface area (Å²) in [6.07, 6.45) is 6.76. The van der Waals surface area contributed by atoms with E-state index in [4.69, 9.17) is 21.1 Å². The predicted molar refractivity (Wildman–Crippen MR) is 98.3 cm³/mol. The fourth-order valence-electron chi connectivity index (χ4n) is 3.15. The number of pyridine rings is 1. The second-order valence-electron chi connectivity index (χ2n) is 6.15. The maximum absolute atomic E-state index is 6.25. The van der Waals surface area contributed by atoms with Gasteiger partial charge in [0.25, 0.3) is 0 Å². The number of piperidine rings is 1. The van der Waals surface area contributed by atoms with Crippen LogP contribution in [0.25, 0.3) is 10.9 Å². The van der Waals surface area contributed by atoms with Crippen LogP contribution in [0.5, 0.6) is 11.5 Å². The van der Waals surface area contributed by atoms with Gasteiger partial charge in [-0.2, -0.15) is 0 Å². The molecule has 0 unspecified atom stereocenters. The second kappa shape index (κ2) is 8.54. The number of fused-ring (bicyclic) bond motifs is 1. The first-order valence-corrected chi connectivity index (χ1v) is 9.22. The first kappa shape index (κ1) is 17.3. The average Bonchev–Trinajstić information content (AvgIpc) is 2.61. The third-order valence-electron chi connectivity index (χ3n) is 4.38. The van der Waals surface area contributed by atoms with Gasteiger partial charge in [0.05, 0.1) is 23.8 Å². The molecule has 1 aliphatic heterocycles. The Morgan fingerprint density at radius 1 is 1.12 bits per heavy atom. The lowest BCUT2D eigenvalue weighted by molar-refractivity contribution is 0.202. The van der Waals surface area contributed by atoms with Crippen molar-refractivity contribution < 1.29 is 9.47 Å². The van der Waals surface area contributed by atoms with Crippen LogP contribution in [0.2, 0.25) is 5.02 Å². The highest BCUT2D eigenvalue weighted by Crippen LogP contribution is 2.34. The van der Waals surface area contributed by atoms with E-state index in [0.717, 1.165) is 35.4 Å². The van der Waals surface area contributed by atoms with Gasteiger partial charge in [0.15, 0.2) is 11.5 Å². The summed E-state index contributed by atoms with van der Waals surface area (Å²) in [5, 5.41) is 1.57. The lowest BCUT2D eigenvalue weighted by atomic mass is 10.1. The van der Waals surface area contributed by atoms with Crippen molar-refractivity contribution in [3.05, 3.63) is 29.4 Å². The Hall–Kier alpha value is -1.52. The van der Waals surface area contributed by atoms with Crippen LogP contribution in [0.4, 0.5) is 0 Å². The van der Waals surface area contributed by atoms with Gasteiger partial charge in [-0.25, -0.2) is 0 Å². The lowest BCUT2D eigenvalue weighted by Crippen LogP contribution is -2.31. The molecule has 2 aromatic rings. The van der Waals surface area contributed by atoms with Gasteiger partial charge in [0.2, 0.25) is 0 Å². The van der Waals surface area contributed by atoms with Crippen LogP contribution < -0.4 is 9.47 Å². The molecule has 24 heavy (non-hydrogen) atoms. The molecule has 0 atom stereocenters. The molecule has 1 aliphatic rings. The topological polar surface area (TPSA) is 34.6 Å². The van der Waals surface area contributed by atoms with Gasteiger partial charge in [-0.3, -0.25) is 4.98 Å². The third kappa shape index (κ3) is 4.31. The van der Waals surface area contributed by atoms with Crippen LogP contribution >= 0.6 is 11.6 Å². The van der Waals surface area contributed by atoms with Crippen molar-refractivity contribution >= 4 is 22.5 Å². The molecule has 1 aromatic carbocycles. The summed E-state index contributed by atoms with van der Waals surface area (Å²) in [7, 11) is 0. The summed E-state index contributed by atoms with van der Waals surface area (Å²) in [5.74, 6) is 1.48. The minimum atomic E-state index is 0.591. The van der Waals surface area contributed by atoms with E-state index < -0.39 is 0 Å². The Morgan fingerprint density at radius 3 is 2.71 bits per heavy atom. The molecule has 0 radical (unpaired) electrons. The van der Waals surface area contributed by atoms with Crippen molar-refractivity contribution in [3.8, 4) is 11.5 Å². The molecule has 0 aliphatic carbocycles. The molecule has 0 spiro atoms. The summed E-state index contributed by atoms with van der Waals surface area (Å²) in [6.45, 7) is 6.79.